The zero-order chi connectivity index (χ0) is 17.2. The second-order valence-electron chi connectivity index (χ2n) is 5.40. The number of carbonyl (C=O) groups is 1. The minimum atomic E-state index is -0.154. The highest BCUT2D eigenvalue weighted by atomic mass is 35.5. The van der Waals surface area contributed by atoms with Crippen molar-refractivity contribution in [3.8, 4) is 11.3 Å². The topological polar surface area (TPSA) is 54.9 Å². The van der Waals surface area contributed by atoms with Crippen molar-refractivity contribution in [3.05, 3.63) is 76.1 Å². The normalized spacial score (nSPS) is 10.8. The first-order valence-corrected chi connectivity index (χ1v) is 8.88. The van der Waals surface area contributed by atoms with Crippen molar-refractivity contribution in [2.45, 2.75) is 0 Å². The molecule has 1 N–H and O–H groups in total. The number of anilines is 1. The number of benzene rings is 2. The average molecular weight is 366 g/mol. The Kier molecular flexibility index (Phi) is 4.17. The fourth-order valence-corrected chi connectivity index (χ4v) is 3.33. The molecule has 0 radical (unpaired) electrons. The molecule has 6 heteroatoms. The predicted molar refractivity (Wildman–Crippen MR) is 102 cm³/mol. The number of rotatable bonds is 3. The Hall–Kier alpha value is -2.76. The minimum Gasteiger partial charge on any atom is -0.322 e. The largest absolute Gasteiger partial charge is 0.322 e. The fourth-order valence-electron chi connectivity index (χ4n) is 2.48. The summed E-state index contributed by atoms with van der Waals surface area (Å²) in [5.41, 5.74) is 4.30. The van der Waals surface area contributed by atoms with E-state index in [-0.39, 0.29) is 5.91 Å². The molecule has 4 aromatic rings. The molecular weight excluding hydrogens is 354 g/mol. The monoisotopic (exact) mass is 365 g/mol. The number of nitrogens with one attached hydrogen (secondary N) is 1. The van der Waals surface area contributed by atoms with Crippen LogP contribution in [0.2, 0.25) is 5.02 Å². The molecule has 4 rings (SSSR count). The molecule has 2 aromatic heterocycles. The van der Waals surface area contributed by atoms with Crippen molar-refractivity contribution >= 4 is 45.6 Å². The van der Waals surface area contributed by atoms with Crippen molar-refractivity contribution < 1.29 is 4.79 Å². The van der Waals surface area contributed by atoms with Gasteiger partial charge in [0.1, 0.15) is 0 Å². The van der Waals surface area contributed by atoms with Gasteiger partial charge in [-0.1, -0.05) is 23.7 Å². The summed E-state index contributed by atoms with van der Waals surface area (Å²) >= 11 is 7.82. The van der Waals surface area contributed by atoms with E-state index < -0.39 is 0 Å². The second-order valence-corrected chi connectivity index (χ2v) is 6.59. The number of halogens is 1. The fraction of sp³-hybridized carbons (Fsp3) is 0. The summed E-state index contributed by atoms with van der Waals surface area (Å²) in [5, 5.41) is 7.11. The Labute approximate surface area is 153 Å². The number of hydrogen-bond acceptors (Lipinski definition) is 4. The van der Waals surface area contributed by atoms with E-state index in [9.17, 15) is 4.79 Å². The van der Waals surface area contributed by atoms with E-state index in [2.05, 4.69) is 15.3 Å². The quantitative estimate of drug-likeness (QED) is 0.538. The molecule has 4 nitrogen and oxygen atoms in total. The third kappa shape index (κ3) is 3.24. The van der Waals surface area contributed by atoms with Crippen LogP contribution in [0.5, 0.6) is 0 Å². The lowest BCUT2D eigenvalue weighted by Gasteiger charge is -2.09. The highest BCUT2D eigenvalue weighted by molar-refractivity contribution is 7.08. The van der Waals surface area contributed by atoms with Gasteiger partial charge in [-0.3, -0.25) is 9.78 Å². The number of aromatic nitrogens is 2. The first kappa shape index (κ1) is 15.7. The maximum absolute atomic E-state index is 12.2. The lowest BCUT2D eigenvalue weighted by molar-refractivity contribution is 0.102. The first-order chi connectivity index (χ1) is 12.2. The van der Waals surface area contributed by atoms with Crippen molar-refractivity contribution in [1.29, 1.82) is 0 Å². The van der Waals surface area contributed by atoms with Gasteiger partial charge in [0.05, 0.1) is 33.5 Å². The molecule has 0 atom stereocenters. The van der Waals surface area contributed by atoms with E-state index in [1.165, 1.54) is 11.3 Å². The zero-order valence-corrected chi connectivity index (χ0v) is 14.5. The Bertz CT molecular complexity index is 1060. The van der Waals surface area contributed by atoms with Crippen LogP contribution >= 0.6 is 22.9 Å². The molecule has 0 fully saturated rings. The van der Waals surface area contributed by atoms with Gasteiger partial charge in [-0.25, -0.2) is 4.98 Å². The first-order valence-electron chi connectivity index (χ1n) is 7.56. The summed E-state index contributed by atoms with van der Waals surface area (Å²) in [6.45, 7) is 0. The van der Waals surface area contributed by atoms with E-state index in [1.807, 2.05) is 35.7 Å². The molecule has 0 aliphatic rings. The summed E-state index contributed by atoms with van der Waals surface area (Å²) in [6, 6.07) is 14.8. The highest BCUT2D eigenvalue weighted by Gasteiger charge is 2.11. The van der Waals surface area contributed by atoms with Crippen molar-refractivity contribution in [1.82, 2.24) is 9.97 Å². The molecule has 0 unspecified atom stereocenters. The summed E-state index contributed by atoms with van der Waals surface area (Å²) in [7, 11) is 0. The highest BCUT2D eigenvalue weighted by Crippen LogP contribution is 2.30. The maximum Gasteiger partial charge on any atom is 0.256 e. The summed E-state index contributed by atoms with van der Waals surface area (Å²) in [4.78, 5) is 21.3. The Morgan fingerprint density at radius 3 is 2.72 bits per heavy atom. The third-order valence-corrected chi connectivity index (χ3v) is 4.74. The second kappa shape index (κ2) is 6.63. The Balaban J connectivity index is 1.70. The molecule has 122 valence electrons. The Morgan fingerprint density at radius 1 is 1.08 bits per heavy atom. The molecule has 0 aliphatic heterocycles. The molecule has 0 saturated heterocycles. The van der Waals surface area contributed by atoms with Gasteiger partial charge in [0.2, 0.25) is 0 Å². The van der Waals surface area contributed by atoms with Gasteiger partial charge in [-0.15, -0.1) is 0 Å². The summed E-state index contributed by atoms with van der Waals surface area (Å²) in [6.07, 6.45) is 1.69. The number of fused-ring (bicyclic) bond motifs is 1. The van der Waals surface area contributed by atoms with Crippen LogP contribution in [-0.2, 0) is 0 Å². The number of thiophene rings is 1. The van der Waals surface area contributed by atoms with Crippen molar-refractivity contribution in [2.75, 3.05) is 5.32 Å². The molecule has 2 heterocycles. The number of hydrogen-bond donors (Lipinski definition) is 1. The van der Waals surface area contributed by atoms with Crippen LogP contribution in [0.25, 0.3) is 22.3 Å². The van der Waals surface area contributed by atoms with Crippen LogP contribution in [0.1, 0.15) is 10.4 Å². The molecular formula is C19H12ClN3OS. The van der Waals surface area contributed by atoms with Crippen molar-refractivity contribution in [2.24, 2.45) is 0 Å². The van der Waals surface area contributed by atoms with Crippen LogP contribution in [0, 0.1) is 0 Å². The molecule has 0 spiro atoms. The van der Waals surface area contributed by atoms with Gasteiger partial charge in [0, 0.05) is 16.6 Å². The molecule has 0 aliphatic carbocycles. The maximum atomic E-state index is 12.2. The van der Waals surface area contributed by atoms with Crippen LogP contribution in [0.4, 0.5) is 5.69 Å². The molecule has 25 heavy (non-hydrogen) atoms. The van der Waals surface area contributed by atoms with E-state index in [1.54, 1.807) is 29.8 Å². The van der Waals surface area contributed by atoms with Crippen LogP contribution < -0.4 is 5.32 Å². The lowest BCUT2D eigenvalue weighted by atomic mass is 10.1. The Morgan fingerprint density at radius 2 is 1.92 bits per heavy atom. The molecule has 0 saturated carbocycles. The zero-order valence-electron chi connectivity index (χ0n) is 12.9. The van der Waals surface area contributed by atoms with Gasteiger partial charge in [-0.2, -0.15) is 11.3 Å². The van der Waals surface area contributed by atoms with Gasteiger partial charge < -0.3 is 5.32 Å². The van der Waals surface area contributed by atoms with Gasteiger partial charge in [0.15, 0.2) is 0 Å². The van der Waals surface area contributed by atoms with Crippen LogP contribution in [0.3, 0.4) is 0 Å². The number of carbonyl (C=O) groups excluding carboxylic acids is 1. The smallest absolute Gasteiger partial charge is 0.256 e. The third-order valence-electron chi connectivity index (χ3n) is 3.73. The molecule has 0 bridgehead atoms. The average Bonchev–Trinajstić information content (AvgIpc) is 3.18. The SMILES string of the molecule is O=C(Nc1ccc(Cl)c(-c2cnc3ccccc3n2)c1)c1ccsc1. The molecule has 1 amide bonds. The summed E-state index contributed by atoms with van der Waals surface area (Å²) < 4.78 is 0. The predicted octanol–water partition coefficient (Wildman–Crippen LogP) is 5.26. The van der Waals surface area contributed by atoms with Gasteiger partial charge in [-0.05, 0) is 41.8 Å². The van der Waals surface area contributed by atoms with Crippen LogP contribution in [0.15, 0.2) is 65.5 Å². The minimum absolute atomic E-state index is 0.154. The number of para-hydroxylation sites is 2. The standard InChI is InChI=1S/C19H12ClN3OS/c20-15-6-5-13(22-19(24)12-7-8-25-11-12)9-14(15)18-10-21-16-3-1-2-4-17(16)23-18/h1-11H,(H,22,24). The van der Waals surface area contributed by atoms with E-state index in [4.69, 9.17) is 11.6 Å². The number of amides is 1. The van der Waals surface area contributed by atoms with E-state index in [0.29, 0.717) is 22.0 Å². The van der Waals surface area contributed by atoms with Crippen LogP contribution in [-0.4, -0.2) is 15.9 Å². The summed E-state index contributed by atoms with van der Waals surface area (Å²) in [5.74, 6) is -0.154. The lowest BCUT2D eigenvalue weighted by Crippen LogP contribution is -2.10. The number of nitrogens with zero attached hydrogens (tertiary/aromatic N) is 2. The van der Waals surface area contributed by atoms with E-state index in [0.717, 1.165) is 16.6 Å². The van der Waals surface area contributed by atoms with Crippen molar-refractivity contribution in [3.63, 3.8) is 0 Å². The van der Waals surface area contributed by atoms with E-state index >= 15 is 0 Å². The molecule has 2 aromatic carbocycles. The van der Waals surface area contributed by atoms with Gasteiger partial charge >= 0.3 is 0 Å². The van der Waals surface area contributed by atoms with Gasteiger partial charge in [0.25, 0.3) is 5.91 Å².